The van der Waals surface area contributed by atoms with Crippen molar-refractivity contribution in [2.75, 3.05) is 11.9 Å². The van der Waals surface area contributed by atoms with Crippen LogP contribution in [-0.4, -0.2) is 38.4 Å². The molecule has 0 bridgehead atoms. The summed E-state index contributed by atoms with van der Waals surface area (Å²) in [5, 5.41) is 13.7. The van der Waals surface area contributed by atoms with E-state index in [1.807, 2.05) is 32.0 Å². The van der Waals surface area contributed by atoms with E-state index in [2.05, 4.69) is 27.4 Å². The van der Waals surface area contributed by atoms with Crippen LogP contribution in [0.25, 0.3) is 11.4 Å². The first-order valence-electron chi connectivity index (χ1n) is 10.4. The number of amides is 2. The lowest BCUT2D eigenvalue weighted by molar-refractivity contribution is -0.123. The Labute approximate surface area is 196 Å². The summed E-state index contributed by atoms with van der Waals surface area (Å²) in [6.07, 6.45) is 1.65. The van der Waals surface area contributed by atoms with Crippen LogP contribution in [0.2, 0.25) is 0 Å². The lowest BCUT2D eigenvalue weighted by Gasteiger charge is -2.14. The molecule has 2 amide bonds. The summed E-state index contributed by atoms with van der Waals surface area (Å²) < 4.78 is 16.0. The van der Waals surface area contributed by atoms with E-state index in [0.717, 1.165) is 16.8 Å². The zero-order chi connectivity index (χ0) is 24.0. The molecule has 1 aromatic heterocycles. The molecule has 9 heteroatoms. The van der Waals surface area contributed by atoms with Gasteiger partial charge in [0.15, 0.2) is 11.0 Å². The van der Waals surface area contributed by atoms with Gasteiger partial charge in [0, 0.05) is 12.2 Å². The fourth-order valence-electron chi connectivity index (χ4n) is 3.23. The number of aromatic nitrogens is 3. The summed E-state index contributed by atoms with van der Waals surface area (Å²) in [6.45, 7) is 9.47. The van der Waals surface area contributed by atoms with E-state index >= 15 is 0 Å². The predicted octanol–water partition coefficient (Wildman–Crippen LogP) is 4.12. The monoisotopic (exact) mass is 467 g/mol. The second-order valence-electron chi connectivity index (χ2n) is 7.48. The van der Waals surface area contributed by atoms with E-state index in [4.69, 9.17) is 0 Å². The normalized spacial score (nSPS) is 11.6. The molecule has 0 saturated heterocycles. The minimum atomic E-state index is -0.556. The van der Waals surface area contributed by atoms with Crippen molar-refractivity contribution in [3.8, 4) is 11.4 Å². The van der Waals surface area contributed by atoms with Gasteiger partial charge in [-0.25, -0.2) is 4.39 Å². The van der Waals surface area contributed by atoms with E-state index in [-0.39, 0.29) is 18.4 Å². The highest BCUT2D eigenvalue weighted by Crippen LogP contribution is 2.28. The maximum absolute atomic E-state index is 14.3. The molecular weight excluding hydrogens is 441 g/mol. The molecule has 0 fully saturated rings. The Morgan fingerprint density at radius 2 is 1.85 bits per heavy atom. The number of carbonyl (C=O) groups excluding carboxylic acids is 2. The summed E-state index contributed by atoms with van der Waals surface area (Å²) in [4.78, 5) is 24.9. The van der Waals surface area contributed by atoms with Crippen LogP contribution in [0.15, 0.2) is 60.3 Å². The number of anilines is 1. The van der Waals surface area contributed by atoms with Crippen molar-refractivity contribution in [2.24, 2.45) is 0 Å². The largest absolute Gasteiger partial charge is 0.346 e. The first-order valence-corrected chi connectivity index (χ1v) is 11.3. The van der Waals surface area contributed by atoms with Gasteiger partial charge >= 0.3 is 0 Å². The lowest BCUT2D eigenvalue weighted by Crippen LogP contribution is -2.37. The number of thioether (sulfide) groups is 1. The third kappa shape index (κ3) is 5.87. The van der Waals surface area contributed by atoms with Crippen molar-refractivity contribution in [1.29, 1.82) is 0 Å². The van der Waals surface area contributed by atoms with Crippen LogP contribution in [0.4, 0.5) is 10.1 Å². The Morgan fingerprint density at radius 3 is 2.52 bits per heavy atom. The number of nitrogens with zero attached hydrogens (tertiary/aromatic N) is 3. The topological polar surface area (TPSA) is 88.9 Å². The number of hydrogen-bond donors (Lipinski definition) is 2. The summed E-state index contributed by atoms with van der Waals surface area (Å²) in [6, 6.07) is 12.0. The van der Waals surface area contributed by atoms with Crippen molar-refractivity contribution in [3.63, 3.8) is 0 Å². The van der Waals surface area contributed by atoms with Gasteiger partial charge in [-0.3, -0.25) is 14.2 Å². The SMILES string of the molecule is C=CCn1c(SC(C)C(=O)NCC(=O)Nc2c(C)cccc2C)nnc1-c1ccccc1F. The van der Waals surface area contributed by atoms with Gasteiger partial charge in [-0.2, -0.15) is 0 Å². The number of nitrogens with one attached hydrogen (secondary N) is 2. The van der Waals surface area contributed by atoms with Crippen LogP contribution in [-0.2, 0) is 16.1 Å². The van der Waals surface area contributed by atoms with Gasteiger partial charge in [-0.1, -0.05) is 48.2 Å². The molecule has 0 aliphatic heterocycles. The number of benzene rings is 2. The molecule has 33 heavy (non-hydrogen) atoms. The summed E-state index contributed by atoms with van der Waals surface area (Å²) in [5.41, 5.74) is 2.97. The van der Waals surface area contributed by atoms with Gasteiger partial charge in [0.05, 0.1) is 17.4 Å². The van der Waals surface area contributed by atoms with Gasteiger partial charge in [-0.05, 0) is 44.0 Å². The van der Waals surface area contributed by atoms with Gasteiger partial charge in [-0.15, -0.1) is 16.8 Å². The Morgan fingerprint density at radius 1 is 1.15 bits per heavy atom. The molecule has 0 saturated carbocycles. The van der Waals surface area contributed by atoms with Crippen LogP contribution < -0.4 is 10.6 Å². The van der Waals surface area contributed by atoms with Crippen LogP contribution in [0, 0.1) is 19.7 Å². The standard InChI is InChI=1S/C24H26FN5O2S/c1-5-13-30-22(18-11-6-7-12-19(18)25)28-29-24(30)33-17(4)23(32)26-14-20(31)27-21-15(2)9-8-10-16(21)3/h5-12,17H,1,13-14H2,2-4H3,(H,26,32)(H,27,31). The van der Waals surface area contributed by atoms with E-state index in [1.165, 1.54) is 17.8 Å². The third-order valence-corrected chi connectivity index (χ3v) is 6.04. The van der Waals surface area contributed by atoms with Crippen molar-refractivity contribution < 1.29 is 14.0 Å². The number of hydrogen-bond acceptors (Lipinski definition) is 5. The number of halogens is 1. The molecule has 172 valence electrons. The summed E-state index contributed by atoms with van der Waals surface area (Å²) >= 11 is 1.18. The quantitative estimate of drug-likeness (QED) is 0.365. The predicted molar refractivity (Wildman–Crippen MR) is 128 cm³/mol. The first kappa shape index (κ1) is 24.2. The molecule has 1 atom stereocenters. The number of carbonyl (C=O) groups is 2. The Balaban J connectivity index is 1.64. The first-order chi connectivity index (χ1) is 15.8. The van der Waals surface area contributed by atoms with E-state index in [1.54, 1.807) is 35.8 Å². The smallest absolute Gasteiger partial charge is 0.243 e. The number of para-hydroxylation sites is 1. The minimum Gasteiger partial charge on any atom is -0.346 e. The number of allylic oxidation sites excluding steroid dienone is 1. The van der Waals surface area contributed by atoms with Crippen LogP contribution in [0.1, 0.15) is 18.1 Å². The van der Waals surface area contributed by atoms with E-state index in [9.17, 15) is 14.0 Å². The Kier molecular flexibility index (Phi) is 8.00. The zero-order valence-corrected chi connectivity index (χ0v) is 19.6. The average Bonchev–Trinajstić information content (AvgIpc) is 3.17. The van der Waals surface area contributed by atoms with Crippen LogP contribution in [0.3, 0.4) is 0 Å². The highest BCUT2D eigenvalue weighted by atomic mass is 32.2. The Bertz CT molecular complexity index is 1160. The fraction of sp³-hybridized carbons (Fsp3) is 0.250. The average molecular weight is 468 g/mol. The van der Waals surface area contributed by atoms with Crippen molar-refractivity contribution in [2.45, 2.75) is 37.7 Å². The van der Waals surface area contributed by atoms with Gasteiger partial charge in [0.25, 0.3) is 0 Å². The maximum atomic E-state index is 14.3. The third-order valence-electron chi connectivity index (χ3n) is 4.96. The molecule has 7 nitrogen and oxygen atoms in total. The fourth-order valence-corrected chi connectivity index (χ4v) is 4.11. The maximum Gasteiger partial charge on any atom is 0.243 e. The number of rotatable bonds is 9. The molecule has 2 aromatic carbocycles. The summed E-state index contributed by atoms with van der Waals surface area (Å²) in [7, 11) is 0. The van der Waals surface area contributed by atoms with E-state index in [0.29, 0.717) is 23.1 Å². The molecular formula is C24H26FN5O2S. The molecule has 0 spiro atoms. The molecule has 0 radical (unpaired) electrons. The molecule has 1 unspecified atom stereocenters. The van der Waals surface area contributed by atoms with Crippen LogP contribution in [0.5, 0.6) is 0 Å². The molecule has 0 aliphatic rings. The molecule has 3 aromatic rings. The number of aryl methyl sites for hydroxylation is 2. The van der Waals surface area contributed by atoms with Crippen LogP contribution >= 0.6 is 11.8 Å². The zero-order valence-electron chi connectivity index (χ0n) is 18.8. The molecule has 2 N–H and O–H groups in total. The van der Waals surface area contributed by atoms with Crippen molar-refractivity contribution in [3.05, 3.63) is 72.1 Å². The Hall–Kier alpha value is -3.46. The summed E-state index contributed by atoms with van der Waals surface area (Å²) in [5.74, 6) is -0.685. The van der Waals surface area contributed by atoms with Crippen molar-refractivity contribution in [1.82, 2.24) is 20.1 Å². The molecule has 1 heterocycles. The molecule has 0 aliphatic carbocycles. The van der Waals surface area contributed by atoms with Crippen molar-refractivity contribution >= 4 is 29.3 Å². The highest BCUT2D eigenvalue weighted by Gasteiger charge is 2.22. The minimum absolute atomic E-state index is 0.155. The van der Waals surface area contributed by atoms with Gasteiger partial charge < -0.3 is 10.6 Å². The van der Waals surface area contributed by atoms with E-state index < -0.39 is 11.1 Å². The molecule has 3 rings (SSSR count). The van der Waals surface area contributed by atoms with Gasteiger partial charge in [0.2, 0.25) is 11.8 Å². The second kappa shape index (κ2) is 10.9. The lowest BCUT2D eigenvalue weighted by atomic mass is 10.1. The highest BCUT2D eigenvalue weighted by molar-refractivity contribution is 8.00. The van der Waals surface area contributed by atoms with Gasteiger partial charge in [0.1, 0.15) is 5.82 Å². The second-order valence-corrected chi connectivity index (χ2v) is 8.79.